The van der Waals surface area contributed by atoms with E-state index in [2.05, 4.69) is 17.2 Å². The van der Waals surface area contributed by atoms with E-state index in [9.17, 15) is 4.79 Å². The van der Waals surface area contributed by atoms with Crippen molar-refractivity contribution in [1.82, 2.24) is 0 Å². The number of aliphatic imine (C=N–C) groups is 1. The van der Waals surface area contributed by atoms with Crippen molar-refractivity contribution >= 4 is 28.5 Å². The average molecular weight is 416 g/mol. The first-order valence-electron chi connectivity index (χ1n) is 9.10. The molecular weight excluding hydrogens is 390 g/mol. The zero-order valence-electron chi connectivity index (χ0n) is 16.9. The van der Waals surface area contributed by atoms with Crippen LogP contribution >= 0.6 is 11.8 Å². The Morgan fingerprint density at radius 2 is 1.79 bits per heavy atom. The van der Waals surface area contributed by atoms with Crippen LogP contribution in [-0.2, 0) is 5.54 Å². The number of hydrogen-bond donors (Lipinski definition) is 2. The normalized spacial score (nSPS) is 18.6. The number of carbonyl (C=O) groups is 1. The number of amides is 1. The van der Waals surface area contributed by atoms with Gasteiger partial charge in [-0.15, -0.1) is 0 Å². The summed E-state index contributed by atoms with van der Waals surface area (Å²) in [6, 6.07) is 10.9. The Balaban J connectivity index is 1.89. The van der Waals surface area contributed by atoms with Crippen LogP contribution in [0.1, 0.15) is 29.3 Å². The van der Waals surface area contributed by atoms with Gasteiger partial charge in [0.1, 0.15) is 5.75 Å². The Morgan fingerprint density at radius 1 is 1.10 bits per heavy atom. The number of amidine groups is 1. The highest BCUT2D eigenvalue weighted by molar-refractivity contribution is 8.13. The average Bonchev–Trinajstić information content (AvgIpc) is 2.72. The van der Waals surface area contributed by atoms with Gasteiger partial charge in [0.15, 0.2) is 16.7 Å². The smallest absolute Gasteiger partial charge is 0.259 e. The van der Waals surface area contributed by atoms with Crippen LogP contribution < -0.4 is 25.3 Å². The van der Waals surface area contributed by atoms with Crippen molar-refractivity contribution < 1.29 is 19.0 Å². The monoisotopic (exact) mass is 415 g/mol. The number of nitrogens with two attached hydrogens (primary N) is 1. The molecule has 0 aliphatic carbocycles. The molecule has 3 rings (SSSR count). The fraction of sp³-hybridized carbons (Fsp3) is 0.333. The summed E-state index contributed by atoms with van der Waals surface area (Å²) in [5.41, 5.74) is 7.53. The summed E-state index contributed by atoms with van der Waals surface area (Å²) in [6.45, 7) is 2.05. The van der Waals surface area contributed by atoms with Crippen LogP contribution in [0.15, 0.2) is 41.4 Å². The van der Waals surface area contributed by atoms with Crippen molar-refractivity contribution in [2.45, 2.75) is 18.9 Å². The molecule has 1 unspecified atom stereocenters. The number of nitrogens with zero attached hydrogens (tertiary/aromatic N) is 1. The first kappa shape index (κ1) is 20.9. The lowest BCUT2D eigenvalue weighted by Gasteiger charge is -2.30. The van der Waals surface area contributed by atoms with Crippen molar-refractivity contribution in [3.63, 3.8) is 0 Å². The van der Waals surface area contributed by atoms with E-state index in [-0.39, 0.29) is 5.91 Å². The molecule has 0 bridgehead atoms. The van der Waals surface area contributed by atoms with E-state index < -0.39 is 5.54 Å². The van der Waals surface area contributed by atoms with Gasteiger partial charge >= 0.3 is 0 Å². The van der Waals surface area contributed by atoms with Gasteiger partial charge in [-0.2, -0.15) is 0 Å². The molecule has 2 aromatic carbocycles. The SMILES string of the molecule is COc1cc(OC)c(C(=O)Nc2cccc(C3(C)CCSC(N)=N3)c2)cc1OC. The zero-order valence-corrected chi connectivity index (χ0v) is 17.8. The quantitative estimate of drug-likeness (QED) is 0.748. The molecular formula is C21H25N3O4S. The molecule has 0 saturated carbocycles. The first-order valence-corrected chi connectivity index (χ1v) is 10.1. The molecule has 29 heavy (non-hydrogen) atoms. The summed E-state index contributed by atoms with van der Waals surface area (Å²) in [5.74, 6) is 1.92. The standard InChI is InChI=1S/C21H25N3O4S/c1-21(8-9-29-20(22)24-21)13-6-5-7-14(10-13)23-19(25)15-11-17(27-3)18(28-4)12-16(15)26-2/h5-7,10-12H,8-9H2,1-4H3,(H2,22,24)(H,23,25). The number of anilines is 1. The first-order chi connectivity index (χ1) is 13.9. The fourth-order valence-corrected chi connectivity index (χ4v) is 4.21. The molecule has 1 heterocycles. The second kappa shape index (κ2) is 8.65. The van der Waals surface area contributed by atoms with Crippen molar-refractivity contribution in [2.24, 2.45) is 10.7 Å². The van der Waals surface area contributed by atoms with E-state index in [4.69, 9.17) is 19.9 Å². The topological polar surface area (TPSA) is 95.2 Å². The fourth-order valence-electron chi connectivity index (χ4n) is 3.23. The maximum Gasteiger partial charge on any atom is 0.259 e. The maximum atomic E-state index is 12.9. The summed E-state index contributed by atoms with van der Waals surface area (Å²) in [7, 11) is 4.55. The van der Waals surface area contributed by atoms with E-state index in [0.717, 1.165) is 17.7 Å². The summed E-state index contributed by atoms with van der Waals surface area (Å²) in [4.78, 5) is 17.6. The molecule has 0 saturated heterocycles. The van der Waals surface area contributed by atoms with E-state index in [1.54, 1.807) is 23.9 Å². The van der Waals surface area contributed by atoms with E-state index in [1.165, 1.54) is 21.3 Å². The second-order valence-corrected chi connectivity index (χ2v) is 7.88. The summed E-state index contributed by atoms with van der Waals surface area (Å²) >= 11 is 1.56. The lowest BCUT2D eigenvalue weighted by atomic mass is 9.89. The number of nitrogens with one attached hydrogen (secondary N) is 1. The lowest BCUT2D eigenvalue weighted by Crippen LogP contribution is -2.28. The molecule has 1 aliphatic rings. The van der Waals surface area contributed by atoms with Gasteiger partial charge in [-0.1, -0.05) is 23.9 Å². The van der Waals surface area contributed by atoms with Crippen LogP contribution in [0, 0.1) is 0 Å². The number of carbonyl (C=O) groups excluding carboxylic acids is 1. The highest BCUT2D eigenvalue weighted by Crippen LogP contribution is 2.37. The van der Waals surface area contributed by atoms with Gasteiger partial charge in [0, 0.05) is 23.6 Å². The van der Waals surface area contributed by atoms with Crippen LogP contribution in [0.4, 0.5) is 5.69 Å². The number of thioether (sulfide) groups is 1. The van der Waals surface area contributed by atoms with Crippen LogP contribution in [0.5, 0.6) is 17.2 Å². The zero-order chi connectivity index (χ0) is 21.0. The highest BCUT2D eigenvalue weighted by atomic mass is 32.2. The summed E-state index contributed by atoms with van der Waals surface area (Å²) in [5, 5.41) is 3.52. The third-order valence-electron chi connectivity index (χ3n) is 4.89. The van der Waals surface area contributed by atoms with E-state index >= 15 is 0 Å². The van der Waals surface area contributed by atoms with Gasteiger partial charge < -0.3 is 25.3 Å². The third-order valence-corrected chi connectivity index (χ3v) is 5.68. The molecule has 0 spiro atoms. The van der Waals surface area contributed by atoms with Crippen molar-refractivity contribution in [2.75, 3.05) is 32.4 Å². The van der Waals surface area contributed by atoms with Crippen molar-refractivity contribution in [1.29, 1.82) is 0 Å². The Bertz CT molecular complexity index is 948. The Morgan fingerprint density at radius 3 is 2.45 bits per heavy atom. The molecule has 3 N–H and O–H groups in total. The molecule has 1 amide bonds. The van der Waals surface area contributed by atoms with E-state index in [0.29, 0.717) is 33.7 Å². The third kappa shape index (κ3) is 4.42. The molecule has 1 aliphatic heterocycles. The predicted octanol–water partition coefficient (Wildman–Crippen LogP) is 3.63. The molecule has 154 valence electrons. The summed E-state index contributed by atoms with van der Waals surface area (Å²) < 4.78 is 15.9. The number of ether oxygens (including phenoxy) is 3. The van der Waals surface area contributed by atoms with Gasteiger partial charge in [-0.3, -0.25) is 9.79 Å². The number of rotatable bonds is 6. The molecule has 7 nitrogen and oxygen atoms in total. The molecule has 0 aromatic heterocycles. The molecule has 2 aromatic rings. The van der Waals surface area contributed by atoms with Crippen LogP contribution in [0.25, 0.3) is 0 Å². The lowest BCUT2D eigenvalue weighted by molar-refractivity contribution is 0.102. The van der Waals surface area contributed by atoms with Crippen LogP contribution in [0.3, 0.4) is 0 Å². The largest absolute Gasteiger partial charge is 0.496 e. The van der Waals surface area contributed by atoms with Crippen LogP contribution in [0.2, 0.25) is 0 Å². The highest BCUT2D eigenvalue weighted by Gasteiger charge is 2.29. The molecule has 0 fully saturated rings. The minimum Gasteiger partial charge on any atom is -0.496 e. The van der Waals surface area contributed by atoms with Crippen LogP contribution in [-0.4, -0.2) is 38.2 Å². The molecule has 1 atom stereocenters. The maximum absolute atomic E-state index is 12.9. The van der Waals surface area contributed by atoms with Gasteiger partial charge in [-0.25, -0.2) is 0 Å². The number of hydrogen-bond acceptors (Lipinski definition) is 7. The van der Waals surface area contributed by atoms with Gasteiger partial charge in [0.05, 0.1) is 32.4 Å². The van der Waals surface area contributed by atoms with Crippen molar-refractivity contribution in [3.05, 3.63) is 47.5 Å². The Kier molecular flexibility index (Phi) is 6.22. The minimum absolute atomic E-state index is 0.313. The van der Waals surface area contributed by atoms with E-state index in [1.807, 2.05) is 24.3 Å². The number of benzene rings is 2. The minimum atomic E-state index is -0.406. The number of methoxy groups -OCH3 is 3. The molecule has 0 radical (unpaired) electrons. The van der Waals surface area contributed by atoms with Gasteiger partial charge in [0.2, 0.25) is 0 Å². The summed E-state index contributed by atoms with van der Waals surface area (Å²) in [6.07, 6.45) is 0.874. The Labute approximate surface area is 174 Å². The predicted molar refractivity (Wildman–Crippen MR) is 117 cm³/mol. The Hall–Kier alpha value is -2.87. The van der Waals surface area contributed by atoms with Gasteiger partial charge in [0.25, 0.3) is 5.91 Å². The van der Waals surface area contributed by atoms with Gasteiger partial charge in [-0.05, 0) is 31.0 Å². The second-order valence-electron chi connectivity index (χ2n) is 6.76. The molecule has 8 heteroatoms. The van der Waals surface area contributed by atoms with Crippen molar-refractivity contribution in [3.8, 4) is 17.2 Å².